The minimum atomic E-state index is -0.129. The standard InChI is InChI=1S/C16H18N2O2/c1-10-3-4-11(2)12(7-10)8-16(20)18-15-6-5-13(19)9-14(15)17/h3-7,9,19H,8,17H2,1-2H3,(H,18,20). The van der Waals surface area contributed by atoms with Crippen LogP contribution in [0, 0.1) is 13.8 Å². The minimum absolute atomic E-state index is 0.0787. The number of nitrogen functional groups attached to an aromatic ring is 1. The van der Waals surface area contributed by atoms with E-state index in [4.69, 9.17) is 5.73 Å². The van der Waals surface area contributed by atoms with Gasteiger partial charge in [0.1, 0.15) is 5.75 Å². The Balaban J connectivity index is 2.11. The molecule has 4 N–H and O–H groups in total. The molecule has 2 aromatic rings. The van der Waals surface area contributed by atoms with Crippen molar-refractivity contribution < 1.29 is 9.90 Å². The summed E-state index contributed by atoms with van der Waals surface area (Å²) in [7, 11) is 0. The molecule has 0 unspecified atom stereocenters. The number of benzene rings is 2. The lowest BCUT2D eigenvalue weighted by molar-refractivity contribution is -0.115. The second kappa shape index (κ2) is 5.65. The predicted molar refractivity (Wildman–Crippen MR) is 80.8 cm³/mol. The Morgan fingerprint density at radius 2 is 1.95 bits per heavy atom. The number of carbonyl (C=O) groups excluding carboxylic acids is 1. The Labute approximate surface area is 118 Å². The molecule has 0 aromatic heterocycles. The lowest BCUT2D eigenvalue weighted by Crippen LogP contribution is -2.16. The molecule has 0 radical (unpaired) electrons. The smallest absolute Gasteiger partial charge is 0.228 e. The summed E-state index contributed by atoms with van der Waals surface area (Å²) in [6.07, 6.45) is 0.299. The molecule has 0 spiro atoms. The van der Waals surface area contributed by atoms with Gasteiger partial charge in [0, 0.05) is 6.07 Å². The molecular formula is C16H18N2O2. The highest BCUT2D eigenvalue weighted by Gasteiger charge is 2.09. The average molecular weight is 270 g/mol. The Kier molecular flexibility index (Phi) is 3.94. The number of amides is 1. The molecule has 0 heterocycles. The molecule has 0 saturated heterocycles. The van der Waals surface area contributed by atoms with E-state index in [0.29, 0.717) is 17.8 Å². The van der Waals surface area contributed by atoms with Crippen LogP contribution in [0.1, 0.15) is 16.7 Å². The number of hydrogen-bond acceptors (Lipinski definition) is 3. The van der Waals surface area contributed by atoms with Crippen molar-refractivity contribution >= 4 is 17.3 Å². The number of nitrogens with one attached hydrogen (secondary N) is 1. The molecule has 2 rings (SSSR count). The maximum Gasteiger partial charge on any atom is 0.228 e. The number of phenols is 1. The van der Waals surface area contributed by atoms with E-state index in [9.17, 15) is 9.90 Å². The highest BCUT2D eigenvalue weighted by Crippen LogP contribution is 2.23. The van der Waals surface area contributed by atoms with Crippen molar-refractivity contribution in [2.24, 2.45) is 0 Å². The normalized spacial score (nSPS) is 10.3. The van der Waals surface area contributed by atoms with Crippen LogP contribution in [0.5, 0.6) is 5.75 Å². The maximum atomic E-state index is 12.1. The van der Waals surface area contributed by atoms with Crippen molar-refractivity contribution in [3.05, 3.63) is 53.1 Å². The van der Waals surface area contributed by atoms with Crippen molar-refractivity contribution in [1.82, 2.24) is 0 Å². The minimum Gasteiger partial charge on any atom is -0.508 e. The molecule has 0 aliphatic heterocycles. The third kappa shape index (κ3) is 3.29. The van der Waals surface area contributed by atoms with Crippen molar-refractivity contribution in [3.63, 3.8) is 0 Å². The molecule has 4 heteroatoms. The highest BCUT2D eigenvalue weighted by molar-refractivity contribution is 5.95. The van der Waals surface area contributed by atoms with Crippen LogP contribution in [0.15, 0.2) is 36.4 Å². The number of aromatic hydroxyl groups is 1. The average Bonchev–Trinajstić information content (AvgIpc) is 2.37. The van der Waals surface area contributed by atoms with Crippen LogP contribution in [0.25, 0.3) is 0 Å². The molecule has 0 aliphatic rings. The van der Waals surface area contributed by atoms with Crippen LogP contribution in [-0.4, -0.2) is 11.0 Å². The largest absolute Gasteiger partial charge is 0.508 e. The second-order valence-corrected chi connectivity index (χ2v) is 4.93. The lowest BCUT2D eigenvalue weighted by atomic mass is 10.0. The summed E-state index contributed by atoms with van der Waals surface area (Å²) in [6, 6.07) is 10.5. The topological polar surface area (TPSA) is 75.3 Å². The Hall–Kier alpha value is -2.49. The van der Waals surface area contributed by atoms with Gasteiger partial charge in [0.15, 0.2) is 0 Å². The fraction of sp³-hybridized carbons (Fsp3) is 0.188. The first-order chi connectivity index (χ1) is 9.45. The van der Waals surface area contributed by atoms with E-state index in [1.807, 2.05) is 32.0 Å². The third-order valence-electron chi connectivity index (χ3n) is 3.16. The first-order valence-corrected chi connectivity index (χ1v) is 6.40. The zero-order valence-electron chi connectivity index (χ0n) is 11.6. The number of nitrogens with two attached hydrogens (primary N) is 1. The molecule has 20 heavy (non-hydrogen) atoms. The van der Waals surface area contributed by atoms with Crippen LogP contribution in [0.4, 0.5) is 11.4 Å². The molecule has 4 nitrogen and oxygen atoms in total. The van der Waals surface area contributed by atoms with Gasteiger partial charge in [-0.25, -0.2) is 0 Å². The lowest BCUT2D eigenvalue weighted by Gasteiger charge is -2.10. The van der Waals surface area contributed by atoms with Gasteiger partial charge in [-0.15, -0.1) is 0 Å². The number of phenolic OH excluding ortho intramolecular Hbond substituents is 1. The molecule has 2 aromatic carbocycles. The second-order valence-electron chi connectivity index (χ2n) is 4.93. The first kappa shape index (κ1) is 13.9. The van der Waals surface area contributed by atoms with E-state index in [2.05, 4.69) is 5.32 Å². The summed E-state index contributed by atoms with van der Waals surface area (Å²) in [5, 5.41) is 12.0. The quantitative estimate of drug-likeness (QED) is 0.593. The van der Waals surface area contributed by atoms with E-state index in [-0.39, 0.29) is 11.7 Å². The van der Waals surface area contributed by atoms with E-state index >= 15 is 0 Å². The molecule has 1 amide bonds. The predicted octanol–water partition coefficient (Wildman–Crippen LogP) is 2.77. The van der Waals surface area contributed by atoms with Crippen LogP contribution in [0.2, 0.25) is 0 Å². The number of hydrogen-bond donors (Lipinski definition) is 3. The summed E-state index contributed by atoms with van der Waals surface area (Å²) in [5.74, 6) is -0.0499. The fourth-order valence-electron chi connectivity index (χ4n) is 2.02. The fourth-order valence-corrected chi connectivity index (χ4v) is 2.02. The number of aryl methyl sites for hydroxylation is 2. The molecule has 0 aliphatic carbocycles. The third-order valence-corrected chi connectivity index (χ3v) is 3.16. The van der Waals surface area contributed by atoms with Gasteiger partial charge in [-0.2, -0.15) is 0 Å². The van der Waals surface area contributed by atoms with Gasteiger partial charge < -0.3 is 16.2 Å². The summed E-state index contributed by atoms with van der Waals surface area (Å²) in [4.78, 5) is 12.1. The molecule has 104 valence electrons. The molecule has 0 fully saturated rings. The van der Waals surface area contributed by atoms with E-state index < -0.39 is 0 Å². The summed E-state index contributed by atoms with van der Waals surface area (Å²) in [6.45, 7) is 3.98. The van der Waals surface area contributed by atoms with Crippen LogP contribution < -0.4 is 11.1 Å². The molecule has 0 atom stereocenters. The SMILES string of the molecule is Cc1ccc(C)c(CC(=O)Nc2ccc(O)cc2N)c1. The molecular weight excluding hydrogens is 252 g/mol. The zero-order chi connectivity index (χ0) is 14.7. The van der Waals surface area contributed by atoms with Crippen LogP contribution in [-0.2, 0) is 11.2 Å². The summed E-state index contributed by atoms with van der Waals surface area (Å²) in [5.41, 5.74) is 9.82. The van der Waals surface area contributed by atoms with Crippen LogP contribution in [0.3, 0.4) is 0 Å². The van der Waals surface area contributed by atoms with E-state index in [1.165, 1.54) is 12.1 Å². The van der Waals surface area contributed by atoms with Crippen LogP contribution >= 0.6 is 0 Å². The zero-order valence-corrected chi connectivity index (χ0v) is 11.6. The van der Waals surface area contributed by atoms with Gasteiger partial charge >= 0.3 is 0 Å². The van der Waals surface area contributed by atoms with Crippen molar-refractivity contribution in [1.29, 1.82) is 0 Å². The van der Waals surface area contributed by atoms with E-state index in [1.54, 1.807) is 6.07 Å². The Bertz CT molecular complexity index is 651. The summed E-state index contributed by atoms with van der Waals surface area (Å²) < 4.78 is 0. The van der Waals surface area contributed by atoms with Gasteiger partial charge in [-0.3, -0.25) is 4.79 Å². The van der Waals surface area contributed by atoms with Gasteiger partial charge in [0.2, 0.25) is 5.91 Å². The number of rotatable bonds is 3. The Morgan fingerprint density at radius 1 is 1.20 bits per heavy atom. The van der Waals surface area contributed by atoms with Crippen molar-refractivity contribution in [3.8, 4) is 5.75 Å². The van der Waals surface area contributed by atoms with Gasteiger partial charge in [-0.05, 0) is 37.1 Å². The number of carbonyl (C=O) groups is 1. The van der Waals surface area contributed by atoms with E-state index in [0.717, 1.165) is 16.7 Å². The monoisotopic (exact) mass is 270 g/mol. The highest BCUT2D eigenvalue weighted by atomic mass is 16.3. The van der Waals surface area contributed by atoms with Gasteiger partial charge in [-0.1, -0.05) is 23.8 Å². The van der Waals surface area contributed by atoms with Gasteiger partial charge in [0.05, 0.1) is 17.8 Å². The molecule has 0 bridgehead atoms. The maximum absolute atomic E-state index is 12.1. The summed E-state index contributed by atoms with van der Waals surface area (Å²) >= 11 is 0. The van der Waals surface area contributed by atoms with Gasteiger partial charge in [0.25, 0.3) is 0 Å². The first-order valence-electron chi connectivity index (χ1n) is 6.40. The van der Waals surface area contributed by atoms with Crippen molar-refractivity contribution in [2.75, 3.05) is 11.1 Å². The number of anilines is 2. The Morgan fingerprint density at radius 3 is 2.65 bits per heavy atom. The molecule has 0 saturated carbocycles. The van der Waals surface area contributed by atoms with Crippen molar-refractivity contribution in [2.45, 2.75) is 20.3 Å².